The third kappa shape index (κ3) is 4.78. The van der Waals surface area contributed by atoms with Crippen LogP contribution in [0.4, 0.5) is 5.69 Å². The molecule has 2 heterocycles. The van der Waals surface area contributed by atoms with E-state index in [1.54, 1.807) is 49.3 Å². The summed E-state index contributed by atoms with van der Waals surface area (Å²) in [5.41, 5.74) is 2.70. The number of hydrogen-bond donors (Lipinski definition) is 0. The lowest BCUT2D eigenvalue weighted by Crippen LogP contribution is -2.36. The molecule has 1 saturated heterocycles. The Balaban J connectivity index is 1.22. The van der Waals surface area contributed by atoms with Crippen molar-refractivity contribution in [2.45, 2.75) is 38.3 Å². The van der Waals surface area contributed by atoms with Gasteiger partial charge in [-0.15, -0.1) is 0 Å². The molecule has 1 unspecified atom stereocenters. The molecule has 8 nitrogen and oxygen atoms in total. The van der Waals surface area contributed by atoms with E-state index in [1.165, 1.54) is 9.80 Å². The predicted octanol–water partition coefficient (Wildman–Crippen LogP) is 2.90. The summed E-state index contributed by atoms with van der Waals surface area (Å²) < 4.78 is 5.94. The van der Waals surface area contributed by atoms with Gasteiger partial charge in [0.15, 0.2) is 11.9 Å². The lowest BCUT2D eigenvalue weighted by atomic mass is 10.1. The van der Waals surface area contributed by atoms with Crippen LogP contribution in [0.2, 0.25) is 0 Å². The lowest BCUT2D eigenvalue weighted by Gasteiger charge is -2.18. The van der Waals surface area contributed by atoms with Gasteiger partial charge in [0.2, 0.25) is 5.91 Å². The highest BCUT2D eigenvalue weighted by Crippen LogP contribution is 2.34. The standard InChI is InChI=1S/C27H29N3O5/c1-28(2)25(32)16-29-15-19-5-8-20(14-22(19)26(29)33)30-12-11-24(27(30)34)35-21-9-6-18(7-10-21)23(31)13-17-3-4-17/h5-10,14,17,24H,3-4,11-13,15-16H2,1-2H3. The Kier molecular flexibility index (Phi) is 6.05. The normalized spacial score (nSPS) is 19.2. The van der Waals surface area contributed by atoms with E-state index < -0.39 is 6.10 Å². The summed E-state index contributed by atoms with van der Waals surface area (Å²) in [4.78, 5) is 54.9. The van der Waals surface area contributed by atoms with Crippen molar-refractivity contribution in [2.24, 2.45) is 5.92 Å². The van der Waals surface area contributed by atoms with Gasteiger partial charge in [-0.05, 0) is 60.7 Å². The van der Waals surface area contributed by atoms with Crippen LogP contribution in [0.25, 0.3) is 0 Å². The number of fused-ring (bicyclic) bond motifs is 1. The number of Topliss-reactive ketones (excluding diaryl/α,β-unsaturated/α-hetero) is 1. The molecule has 3 amide bonds. The molecule has 2 fully saturated rings. The molecule has 0 bridgehead atoms. The van der Waals surface area contributed by atoms with Crippen molar-refractivity contribution in [2.75, 3.05) is 32.1 Å². The molecule has 182 valence electrons. The van der Waals surface area contributed by atoms with E-state index in [0.29, 0.717) is 54.4 Å². The van der Waals surface area contributed by atoms with E-state index in [2.05, 4.69) is 0 Å². The third-order valence-electron chi connectivity index (χ3n) is 6.89. The van der Waals surface area contributed by atoms with E-state index in [1.807, 2.05) is 12.1 Å². The van der Waals surface area contributed by atoms with E-state index >= 15 is 0 Å². The van der Waals surface area contributed by atoms with E-state index in [4.69, 9.17) is 4.74 Å². The van der Waals surface area contributed by atoms with Crippen molar-refractivity contribution in [3.63, 3.8) is 0 Å². The second kappa shape index (κ2) is 9.17. The van der Waals surface area contributed by atoms with Crippen molar-refractivity contribution in [3.8, 4) is 5.75 Å². The average molecular weight is 476 g/mol. The van der Waals surface area contributed by atoms with Gasteiger partial charge in [0.05, 0.1) is 0 Å². The number of carbonyl (C=O) groups excluding carboxylic acids is 4. The molecule has 8 heteroatoms. The first-order chi connectivity index (χ1) is 16.8. The summed E-state index contributed by atoms with van der Waals surface area (Å²) in [5.74, 6) is 0.744. The molecular weight excluding hydrogens is 446 g/mol. The van der Waals surface area contributed by atoms with Gasteiger partial charge in [-0.2, -0.15) is 0 Å². The summed E-state index contributed by atoms with van der Waals surface area (Å²) >= 11 is 0. The van der Waals surface area contributed by atoms with Gasteiger partial charge in [-0.25, -0.2) is 0 Å². The number of likely N-dealkylation sites (N-methyl/N-ethyl adjacent to an activating group) is 1. The minimum absolute atomic E-state index is 0.0272. The van der Waals surface area contributed by atoms with Crippen LogP contribution in [0, 0.1) is 5.92 Å². The summed E-state index contributed by atoms with van der Waals surface area (Å²) in [6.07, 6.45) is 2.78. The molecule has 0 radical (unpaired) electrons. The van der Waals surface area contributed by atoms with Crippen LogP contribution < -0.4 is 9.64 Å². The fourth-order valence-electron chi connectivity index (χ4n) is 4.55. The summed E-state index contributed by atoms with van der Waals surface area (Å²) in [7, 11) is 3.32. The fraction of sp³-hybridized carbons (Fsp3) is 0.407. The molecule has 2 aromatic carbocycles. The highest BCUT2D eigenvalue weighted by Gasteiger charge is 2.36. The minimum Gasteiger partial charge on any atom is -0.481 e. The topological polar surface area (TPSA) is 87.2 Å². The summed E-state index contributed by atoms with van der Waals surface area (Å²) in [6, 6.07) is 12.4. The molecule has 0 spiro atoms. The quantitative estimate of drug-likeness (QED) is 0.548. The van der Waals surface area contributed by atoms with Crippen molar-refractivity contribution in [1.82, 2.24) is 9.80 Å². The Morgan fingerprint density at radius 1 is 1.03 bits per heavy atom. The number of ketones is 1. The Morgan fingerprint density at radius 3 is 2.46 bits per heavy atom. The van der Waals surface area contributed by atoms with Gasteiger partial charge in [0, 0.05) is 56.8 Å². The SMILES string of the molecule is CN(C)C(=O)CN1Cc2ccc(N3CCC(Oc4ccc(C(=O)CC5CC5)cc4)C3=O)cc2C1=O. The smallest absolute Gasteiger partial charge is 0.268 e. The number of anilines is 1. The maximum Gasteiger partial charge on any atom is 0.268 e. The van der Waals surface area contributed by atoms with Crippen molar-refractivity contribution in [3.05, 3.63) is 59.2 Å². The van der Waals surface area contributed by atoms with Gasteiger partial charge in [-0.3, -0.25) is 19.2 Å². The van der Waals surface area contributed by atoms with Crippen molar-refractivity contribution in [1.29, 1.82) is 0 Å². The third-order valence-corrected chi connectivity index (χ3v) is 6.89. The number of carbonyl (C=O) groups is 4. The lowest BCUT2D eigenvalue weighted by molar-refractivity contribution is -0.129. The maximum atomic E-state index is 13.1. The zero-order valence-corrected chi connectivity index (χ0v) is 20.0. The minimum atomic E-state index is -0.624. The maximum absolute atomic E-state index is 13.1. The van der Waals surface area contributed by atoms with Crippen LogP contribution in [-0.4, -0.2) is 66.6 Å². The predicted molar refractivity (Wildman–Crippen MR) is 129 cm³/mol. The molecule has 35 heavy (non-hydrogen) atoms. The number of ether oxygens (including phenoxy) is 1. The highest BCUT2D eigenvalue weighted by molar-refractivity contribution is 6.04. The van der Waals surface area contributed by atoms with Gasteiger partial charge in [0.1, 0.15) is 12.3 Å². The van der Waals surface area contributed by atoms with Crippen LogP contribution in [0.3, 0.4) is 0 Å². The zero-order valence-electron chi connectivity index (χ0n) is 20.0. The summed E-state index contributed by atoms with van der Waals surface area (Å²) in [5, 5.41) is 0. The number of rotatable bonds is 8. The molecule has 1 atom stereocenters. The van der Waals surface area contributed by atoms with Gasteiger partial charge in [-0.1, -0.05) is 6.07 Å². The first-order valence-corrected chi connectivity index (χ1v) is 12.0. The van der Waals surface area contributed by atoms with E-state index in [9.17, 15) is 19.2 Å². The van der Waals surface area contributed by atoms with E-state index in [0.717, 1.165) is 18.4 Å². The van der Waals surface area contributed by atoms with Crippen LogP contribution in [0.5, 0.6) is 5.75 Å². The molecule has 2 aliphatic heterocycles. The van der Waals surface area contributed by atoms with Crippen LogP contribution in [0.1, 0.15) is 52.0 Å². The summed E-state index contributed by atoms with van der Waals surface area (Å²) in [6.45, 7) is 0.892. The fourth-order valence-corrected chi connectivity index (χ4v) is 4.55. The molecule has 2 aromatic rings. The Labute approximate surface area is 204 Å². The number of hydrogen-bond acceptors (Lipinski definition) is 5. The second-order valence-corrected chi connectivity index (χ2v) is 9.77. The van der Waals surface area contributed by atoms with Crippen molar-refractivity contribution < 1.29 is 23.9 Å². The molecule has 3 aliphatic rings. The van der Waals surface area contributed by atoms with Gasteiger partial charge < -0.3 is 19.4 Å². The number of benzene rings is 2. The zero-order chi connectivity index (χ0) is 24.7. The van der Waals surface area contributed by atoms with E-state index in [-0.39, 0.29) is 30.0 Å². The largest absolute Gasteiger partial charge is 0.481 e. The Bertz CT molecular complexity index is 1190. The molecule has 1 saturated carbocycles. The Morgan fingerprint density at radius 2 is 1.77 bits per heavy atom. The monoisotopic (exact) mass is 475 g/mol. The van der Waals surface area contributed by atoms with Crippen LogP contribution in [-0.2, 0) is 16.1 Å². The number of nitrogens with zero attached hydrogens (tertiary/aromatic N) is 3. The first kappa shape index (κ1) is 23.1. The second-order valence-electron chi connectivity index (χ2n) is 9.77. The Hall–Kier alpha value is -3.68. The first-order valence-electron chi connectivity index (χ1n) is 12.0. The average Bonchev–Trinajstić information content (AvgIpc) is 3.52. The molecule has 0 aromatic heterocycles. The highest BCUT2D eigenvalue weighted by atomic mass is 16.5. The van der Waals surface area contributed by atoms with Gasteiger partial charge in [0.25, 0.3) is 11.8 Å². The van der Waals surface area contributed by atoms with Gasteiger partial charge >= 0.3 is 0 Å². The molecular formula is C27H29N3O5. The molecule has 1 aliphatic carbocycles. The molecule has 0 N–H and O–H groups in total. The number of amides is 3. The molecule has 5 rings (SSSR count). The van der Waals surface area contributed by atoms with Crippen LogP contribution in [0.15, 0.2) is 42.5 Å². The van der Waals surface area contributed by atoms with Crippen molar-refractivity contribution >= 4 is 29.2 Å². The van der Waals surface area contributed by atoms with Crippen LogP contribution >= 0.6 is 0 Å².